The number of fused-ring (bicyclic) bond motifs is 1. The maximum Gasteiger partial charge on any atom is 0.317 e. The minimum absolute atomic E-state index is 0.0855. The van der Waals surface area contributed by atoms with Crippen molar-refractivity contribution in [3.05, 3.63) is 53.8 Å². The van der Waals surface area contributed by atoms with Crippen LogP contribution in [0.25, 0.3) is 0 Å². The molecule has 1 atom stereocenters. The SMILES string of the molecule is C[C@H](NC(=O)N1CCN(S(=O)(=O)c2cccc(F)c2)CC1)c1ccc2c(c1)OCCO2. The molecule has 2 aliphatic rings. The maximum atomic E-state index is 13.4. The fraction of sp³-hybridized carbons (Fsp3) is 0.381. The van der Waals surface area contributed by atoms with Gasteiger partial charge in [-0.05, 0) is 42.8 Å². The molecule has 2 aliphatic heterocycles. The minimum Gasteiger partial charge on any atom is -0.486 e. The molecule has 2 aromatic carbocycles. The first-order valence-electron chi connectivity index (χ1n) is 10.1. The zero-order chi connectivity index (χ0) is 22.0. The lowest BCUT2D eigenvalue weighted by Gasteiger charge is -2.34. The number of urea groups is 1. The molecule has 0 spiro atoms. The van der Waals surface area contributed by atoms with Gasteiger partial charge in [-0.15, -0.1) is 0 Å². The quantitative estimate of drug-likeness (QED) is 0.774. The highest BCUT2D eigenvalue weighted by Gasteiger charge is 2.30. The molecule has 0 unspecified atom stereocenters. The number of piperazine rings is 1. The normalized spacial score (nSPS) is 17.8. The Hall–Kier alpha value is -2.85. The summed E-state index contributed by atoms with van der Waals surface area (Å²) in [4.78, 5) is 14.2. The molecule has 4 rings (SSSR count). The van der Waals surface area contributed by atoms with Crippen LogP contribution in [0.15, 0.2) is 47.4 Å². The molecule has 2 aromatic rings. The summed E-state index contributed by atoms with van der Waals surface area (Å²) in [6, 6.07) is 9.95. The number of hydrogen-bond acceptors (Lipinski definition) is 5. The first-order valence-corrected chi connectivity index (χ1v) is 11.5. The second kappa shape index (κ2) is 8.72. The molecule has 0 bridgehead atoms. The van der Waals surface area contributed by atoms with Crippen molar-refractivity contribution in [2.24, 2.45) is 0 Å². The molecule has 2 amide bonds. The van der Waals surface area contributed by atoms with Gasteiger partial charge in [0.2, 0.25) is 10.0 Å². The van der Waals surface area contributed by atoms with Crippen molar-refractivity contribution in [2.45, 2.75) is 17.9 Å². The zero-order valence-electron chi connectivity index (χ0n) is 17.1. The predicted molar refractivity (Wildman–Crippen MR) is 111 cm³/mol. The number of amides is 2. The summed E-state index contributed by atoms with van der Waals surface area (Å²) in [7, 11) is -3.80. The fourth-order valence-electron chi connectivity index (χ4n) is 3.60. The van der Waals surface area contributed by atoms with Gasteiger partial charge in [0.1, 0.15) is 19.0 Å². The van der Waals surface area contributed by atoms with Crippen molar-refractivity contribution >= 4 is 16.1 Å². The highest BCUT2D eigenvalue weighted by molar-refractivity contribution is 7.89. The second-order valence-electron chi connectivity index (χ2n) is 7.42. The van der Waals surface area contributed by atoms with Crippen LogP contribution in [0.3, 0.4) is 0 Å². The highest BCUT2D eigenvalue weighted by atomic mass is 32.2. The van der Waals surface area contributed by atoms with E-state index < -0.39 is 15.8 Å². The molecule has 166 valence electrons. The van der Waals surface area contributed by atoms with Crippen LogP contribution < -0.4 is 14.8 Å². The van der Waals surface area contributed by atoms with E-state index in [-0.39, 0.29) is 43.1 Å². The standard InChI is InChI=1S/C21H24FN3O5S/c1-15(16-5-6-19-20(13-16)30-12-11-29-19)23-21(26)24-7-9-25(10-8-24)31(27,28)18-4-2-3-17(22)14-18/h2-6,13-15H,7-12H2,1H3,(H,23,26)/t15-/m0/s1. The molecule has 0 aliphatic carbocycles. The van der Waals surface area contributed by atoms with E-state index in [1.807, 2.05) is 25.1 Å². The van der Waals surface area contributed by atoms with Crippen LogP contribution in [0.5, 0.6) is 11.5 Å². The summed E-state index contributed by atoms with van der Waals surface area (Å²) in [5.74, 6) is 0.734. The lowest BCUT2D eigenvalue weighted by atomic mass is 10.1. The number of sulfonamides is 1. The Morgan fingerprint density at radius 1 is 1.03 bits per heavy atom. The summed E-state index contributed by atoms with van der Waals surface area (Å²) < 4.78 is 51.2. The van der Waals surface area contributed by atoms with Gasteiger partial charge in [-0.25, -0.2) is 17.6 Å². The third kappa shape index (κ3) is 4.59. The molecule has 1 fully saturated rings. The van der Waals surface area contributed by atoms with Crippen molar-refractivity contribution in [3.63, 3.8) is 0 Å². The average molecular weight is 450 g/mol. The fourth-order valence-corrected chi connectivity index (χ4v) is 5.05. The van der Waals surface area contributed by atoms with Gasteiger partial charge in [0, 0.05) is 26.2 Å². The number of hydrogen-bond donors (Lipinski definition) is 1. The second-order valence-corrected chi connectivity index (χ2v) is 9.36. The van der Waals surface area contributed by atoms with Crippen LogP contribution in [0.2, 0.25) is 0 Å². The number of carbonyl (C=O) groups is 1. The van der Waals surface area contributed by atoms with E-state index in [0.717, 1.165) is 11.6 Å². The van der Waals surface area contributed by atoms with E-state index in [4.69, 9.17) is 9.47 Å². The number of nitrogens with one attached hydrogen (secondary N) is 1. The molecule has 8 nitrogen and oxygen atoms in total. The molecule has 0 aromatic heterocycles. The molecule has 0 saturated carbocycles. The van der Waals surface area contributed by atoms with Crippen LogP contribution in [0, 0.1) is 5.82 Å². The smallest absolute Gasteiger partial charge is 0.317 e. The summed E-state index contributed by atoms with van der Waals surface area (Å²) in [6.45, 7) is 3.64. The number of rotatable bonds is 4. The lowest BCUT2D eigenvalue weighted by molar-refractivity contribution is 0.168. The molecular formula is C21H24FN3O5S. The van der Waals surface area contributed by atoms with Crippen LogP contribution in [-0.4, -0.2) is 63.0 Å². The van der Waals surface area contributed by atoms with Crippen molar-refractivity contribution in [3.8, 4) is 11.5 Å². The van der Waals surface area contributed by atoms with Crippen molar-refractivity contribution < 1.29 is 27.1 Å². The largest absolute Gasteiger partial charge is 0.486 e. The zero-order valence-corrected chi connectivity index (χ0v) is 17.9. The predicted octanol–water partition coefficient (Wildman–Crippen LogP) is 2.37. The third-order valence-corrected chi connectivity index (χ3v) is 7.26. The first kappa shape index (κ1) is 21.4. The third-order valence-electron chi connectivity index (χ3n) is 5.37. The van der Waals surface area contributed by atoms with Gasteiger partial charge in [0.25, 0.3) is 0 Å². The molecule has 1 N–H and O–H groups in total. The van der Waals surface area contributed by atoms with Crippen molar-refractivity contribution in [2.75, 3.05) is 39.4 Å². The summed E-state index contributed by atoms with van der Waals surface area (Å²) in [5.41, 5.74) is 0.880. The number of carbonyl (C=O) groups excluding carboxylic acids is 1. The highest BCUT2D eigenvalue weighted by Crippen LogP contribution is 2.32. The van der Waals surface area contributed by atoms with Gasteiger partial charge in [-0.2, -0.15) is 4.31 Å². The van der Waals surface area contributed by atoms with Gasteiger partial charge in [-0.1, -0.05) is 12.1 Å². The van der Waals surface area contributed by atoms with Gasteiger partial charge in [-0.3, -0.25) is 0 Å². The van der Waals surface area contributed by atoms with E-state index in [2.05, 4.69) is 5.32 Å². The van der Waals surface area contributed by atoms with Gasteiger partial charge in [0.15, 0.2) is 11.5 Å². The Labute approximate surface area is 180 Å². The Bertz CT molecular complexity index is 1070. The van der Waals surface area contributed by atoms with Crippen molar-refractivity contribution in [1.29, 1.82) is 0 Å². The monoisotopic (exact) mass is 449 g/mol. The summed E-state index contributed by atoms with van der Waals surface area (Å²) >= 11 is 0. The minimum atomic E-state index is -3.80. The van der Waals surface area contributed by atoms with E-state index >= 15 is 0 Å². The average Bonchev–Trinajstić information content (AvgIpc) is 2.78. The van der Waals surface area contributed by atoms with Crippen LogP contribution >= 0.6 is 0 Å². The topological polar surface area (TPSA) is 88.2 Å². The van der Waals surface area contributed by atoms with Gasteiger partial charge < -0.3 is 19.7 Å². The number of ether oxygens (including phenoxy) is 2. The van der Waals surface area contributed by atoms with Crippen molar-refractivity contribution in [1.82, 2.24) is 14.5 Å². The van der Waals surface area contributed by atoms with E-state index in [0.29, 0.717) is 24.7 Å². The van der Waals surface area contributed by atoms with Gasteiger partial charge in [0.05, 0.1) is 10.9 Å². The lowest BCUT2D eigenvalue weighted by Crippen LogP contribution is -2.53. The summed E-state index contributed by atoms with van der Waals surface area (Å²) in [6.07, 6.45) is 0. The van der Waals surface area contributed by atoms with E-state index in [1.165, 1.54) is 22.5 Å². The van der Waals surface area contributed by atoms with Crippen LogP contribution in [0.1, 0.15) is 18.5 Å². The molecule has 1 saturated heterocycles. The van der Waals surface area contributed by atoms with E-state index in [1.54, 1.807) is 4.90 Å². The van der Waals surface area contributed by atoms with Crippen LogP contribution in [-0.2, 0) is 10.0 Å². The maximum absolute atomic E-state index is 13.4. The Morgan fingerprint density at radius 3 is 2.45 bits per heavy atom. The number of halogens is 1. The van der Waals surface area contributed by atoms with Gasteiger partial charge >= 0.3 is 6.03 Å². The summed E-state index contributed by atoms with van der Waals surface area (Å²) in [5, 5.41) is 2.94. The Kier molecular flexibility index (Phi) is 6.01. The Morgan fingerprint density at radius 2 is 1.74 bits per heavy atom. The Balaban J connectivity index is 1.35. The van der Waals surface area contributed by atoms with E-state index in [9.17, 15) is 17.6 Å². The molecule has 10 heteroatoms. The number of benzene rings is 2. The van der Waals surface area contributed by atoms with Crippen LogP contribution in [0.4, 0.5) is 9.18 Å². The number of nitrogens with zero attached hydrogens (tertiary/aromatic N) is 2. The first-order chi connectivity index (χ1) is 14.8. The molecule has 0 radical (unpaired) electrons. The molecular weight excluding hydrogens is 425 g/mol. The molecule has 2 heterocycles. The molecule has 31 heavy (non-hydrogen) atoms.